The molecule has 0 rings (SSSR count). The Morgan fingerprint density at radius 2 is 2.05 bits per heavy atom. The second-order valence-electron chi connectivity index (χ2n) is 5.02. The Hall–Kier alpha value is -0.900. The second-order valence-corrected chi connectivity index (χ2v) is 5.02. The highest BCUT2D eigenvalue weighted by Crippen LogP contribution is 2.24. The third-order valence-electron chi connectivity index (χ3n) is 3.78. The van der Waals surface area contributed by atoms with Gasteiger partial charge in [0.05, 0.1) is 5.66 Å². The molecule has 0 fully saturated rings. The molecule has 3 nitrogen and oxygen atoms in total. The molecule has 0 saturated carbocycles. The van der Waals surface area contributed by atoms with Gasteiger partial charge < -0.3 is 11.1 Å². The standard InChI is InChI=1S/C17H33N3/c1-6-10-13-16(7-2)17(18,8-3)20(9-4)15-12-11-14-19-5/h6-7,10,13,19H,2,8-9,11-12,14-15,18H2,1,3-5H3/b10-6-,16-13+/t17-/m0/s1. The zero-order valence-electron chi connectivity index (χ0n) is 13.8. The molecule has 0 aliphatic carbocycles. The Labute approximate surface area is 125 Å². The van der Waals surface area contributed by atoms with Gasteiger partial charge >= 0.3 is 0 Å². The first-order chi connectivity index (χ1) is 9.60. The van der Waals surface area contributed by atoms with E-state index in [4.69, 9.17) is 5.73 Å². The third-order valence-corrected chi connectivity index (χ3v) is 3.78. The predicted octanol–water partition coefficient (Wildman–Crippen LogP) is 3.06. The number of nitrogens with one attached hydrogen (secondary N) is 1. The summed E-state index contributed by atoms with van der Waals surface area (Å²) in [5, 5.41) is 3.19. The van der Waals surface area contributed by atoms with Crippen LogP contribution in [0.2, 0.25) is 0 Å². The number of rotatable bonds is 11. The van der Waals surface area contributed by atoms with Gasteiger partial charge in [-0.1, -0.05) is 44.7 Å². The summed E-state index contributed by atoms with van der Waals surface area (Å²) in [4.78, 5) is 2.36. The third kappa shape index (κ3) is 5.61. The van der Waals surface area contributed by atoms with Crippen LogP contribution < -0.4 is 11.1 Å². The SMILES string of the molecule is C=C/C(=C\C=C/C)[C@](N)(CC)N(CC)CCCCNC. The number of nitrogens with zero attached hydrogens (tertiary/aromatic N) is 1. The largest absolute Gasteiger partial charge is 0.320 e. The molecule has 3 heteroatoms. The van der Waals surface area contributed by atoms with Crippen molar-refractivity contribution in [3.8, 4) is 0 Å². The summed E-state index contributed by atoms with van der Waals surface area (Å²) in [7, 11) is 1.99. The molecule has 0 radical (unpaired) electrons. The number of allylic oxidation sites excluding steroid dienone is 3. The number of hydrogen-bond acceptors (Lipinski definition) is 3. The van der Waals surface area contributed by atoms with E-state index in [1.165, 1.54) is 6.42 Å². The quantitative estimate of drug-likeness (QED) is 0.347. The molecule has 0 bridgehead atoms. The van der Waals surface area contributed by atoms with Gasteiger partial charge in [-0.25, -0.2) is 0 Å². The van der Waals surface area contributed by atoms with Crippen LogP contribution in [-0.2, 0) is 0 Å². The van der Waals surface area contributed by atoms with Gasteiger partial charge in [0.25, 0.3) is 0 Å². The first-order valence-electron chi connectivity index (χ1n) is 7.75. The van der Waals surface area contributed by atoms with Crippen molar-refractivity contribution in [1.82, 2.24) is 10.2 Å². The summed E-state index contributed by atoms with van der Waals surface area (Å²) >= 11 is 0. The molecule has 0 amide bonds. The Balaban J connectivity index is 4.98. The molecule has 0 heterocycles. The number of likely N-dealkylation sites (N-methyl/N-ethyl adjacent to an activating group) is 1. The molecule has 0 aromatic rings. The van der Waals surface area contributed by atoms with E-state index in [-0.39, 0.29) is 0 Å². The van der Waals surface area contributed by atoms with Crippen LogP contribution in [0.1, 0.15) is 40.0 Å². The summed E-state index contributed by atoms with van der Waals surface area (Å²) in [5.41, 5.74) is 7.37. The van der Waals surface area contributed by atoms with E-state index in [1.54, 1.807) is 0 Å². The fourth-order valence-electron chi connectivity index (χ4n) is 2.44. The fraction of sp³-hybridized carbons (Fsp3) is 0.647. The van der Waals surface area contributed by atoms with Gasteiger partial charge in [-0.2, -0.15) is 0 Å². The highest BCUT2D eigenvalue weighted by Gasteiger charge is 2.31. The van der Waals surface area contributed by atoms with Gasteiger partial charge in [0.1, 0.15) is 0 Å². The summed E-state index contributed by atoms with van der Waals surface area (Å²) in [6, 6.07) is 0. The minimum Gasteiger partial charge on any atom is -0.320 e. The maximum Gasteiger partial charge on any atom is 0.0946 e. The molecule has 116 valence electrons. The van der Waals surface area contributed by atoms with Crippen molar-refractivity contribution in [2.45, 2.75) is 45.7 Å². The van der Waals surface area contributed by atoms with Crippen LogP contribution in [0, 0.1) is 0 Å². The molecule has 0 aromatic carbocycles. The average molecular weight is 279 g/mol. The van der Waals surface area contributed by atoms with Crippen molar-refractivity contribution in [2.24, 2.45) is 5.73 Å². The Morgan fingerprint density at radius 3 is 2.50 bits per heavy atom. The summed E-state index contributed by atoms with van der Waals surface area (Å²) in [6.07, 6.45) is 11.2. The summed E-state index contributed by atoms with van der Waals surface area (Å²) in [5.74, 6) is 0. The topological polar surface area (TPSA) is 41.3 Å². The lowest BCUT2D eigenvalue weighted by Gasteiger charge is -2.41. The van der Waals surface area contributed by atoms with Gasteiger partial charge in [-0.15, -0.1) is 0 Å². The minimum atomic E-state index is -0.421. The van der Waals surface area contributed by atoms with E-state index in [0.717, 1.165) is 38.0 Å². The molecule has 0 saturated heterocycles. The van der Waals surface area contributed by atoms with Crippen molar-refractivity contribution >= 4 is 0 Å². The second kappa shape index (κ2) is 10.8. The molecular formula is C17H33N3. The van der Waals surface area contributed by atoms with Crippen LogP contribution in [0.25, 0.3) is 0 Å². The van der Waals surface area contributed by atoms with Crippen molar-refractivity contribution in [3.63, 3.8) is 0 Å². The average Bonchev–Trinajstić information content (AvgIpc) is 2.47. The summed E-state index contributed by atoms with van der Waals surface area (Å²) < 4.78 is 0. The zero-order valence-corrected chi connectivity index (χ0v) is 13.8. The number of nitrogens with two attached hydrogens (primary N) is 1. The van der Waals surface area contributed by atoms with Crippen LogP contribution in [0.3, 0.4) is 0 Å². The molecule has 0 aliphatic heterocycles. The van der Waals surface area contributed by atoms with Crippen LogP contribution in [0.4, 0.5) is 0 Å². The van der Waals surface area contributed by atoms with Crippen LogP contribution >= 0.6 is 0 Å². The zero-order chi connectivity index (χ0) is 15.4. The normalized spacial score (nSPS) is 15.8. The molecule has 0 unspecified atom stereocenters. The monoisotopic (exact) mass is 279 g/mol. The van der Waals surface area contributed by atoms with Crippen molar-refractivity contribution in [2.75, 3.05) is 26.7 Å². The Morgan fingerprint density at radius 1 is 1.35 bits per heavy atom. The van der Waals surface area contributed by atoms with E-state index in [0.29, 0.717) is 0 Å². The molecule has 20 heavy (non-hydrogen) atoms. The van der Waals surface area contributed by atoms with Crippen molar-refractivity contribution in [3.05, 3.63) is 36.5 Å². The molecule has 0 aromatic heterocycles. The van der Waals surface area contributed by atoms with Crippen LogP contribution in [0.5, 0.6) is 0 Å². The number of unbranched alkanes of at least 4 members (excludes halogenated alkanes) is 1. The van der Waals surface area contributed by atoms with Gasteiger partial charge in [-0.3, -0.25) is 4.90 Å². The molecule has 0 spiro atoms. The van der Waals surface area contributed by atoms with Gasteiger partial charge in [0, 0.05) is 6.54 Å². The maximum atomic E-state index is 6.70. The first-order valence-corrected chi connectivity index (χ1v) is 7.75. The summed E-state index contributed by atoms with van der Waals surface area (Å²) in [6.45, 7) is 13.3. The van der Waals surface area contributed by atoms with Crippen molar-refractivity contribution < 1.29 is 0 Å². The highest BCUT2D eigenvalue weighted by atomic mass is 15.3. The Bertz CT molecular complexity index is 320. The first kappa shape index (κ1) is 19.1. The van der Waals surface area contributed by atoms with Crippen LogP contribution in [-0.4, -0.2) is 37.2 Å². The van der Waals surface area contributed by atoms with E-state index in [9.17, 15) is 0 Å². The van der Waals surface area contributed by atoms with Gasteiger partial charge in [0.15, 0.2) is 0 Å². The molecule has 0 aliphatic rings. The fourth-order valence-corrected chi connectivity index (χ4v) is 2.44. The molecule has 1 atom stereocenters. The lowest BCUT2D eigenvalue weighted by molar-refractivity contribution is 0.128. The Kier molecular flexibility index (Phi) is 10.3. The van der Waals surface area contributed by atoms with Gasteiger partial charge in [-0.05, 0) is 51.9 Å². The van der Waals surface area contributed by atoms with E-state index in [1.807, 2.05) is 32.2 Å². The van der Waals surface area contributed by atoms with Crippen molar-refractivity contribution in [1.29, 1.82) is 0 Å². The smallest absolute Gasteiger partial charge is 0.0946 e. The van der Waals surface area contributed by atoms with Crippen LogP contribution in [0.15, 0.2) is 36.5 Å². The maximum absolute atomic E-state index is 6.70. The highest BCUT2D eigenvalue weighted by molar-refractivity contribution is 5.32. The van der Waals surface area contributed by atoms with E-state index >= 15 is 0 Å². The van der Waals surface area contributed by atoms with E-state index < -0.39 is 5.66 Å². The predicted molar refractivity (Wildman–Crippen MR) is 90.7 cm³/mol. The molecule has 3 N–H and O–H groups in total. The number of hydrogen-bond donors (Lipinski definition) is 2. The lowest BCUT2D eigenvalue weighted by Crippen LogP contribution is -2.57. The minimum absolute atomic E-state index is 0.421. The lowest BCUT2D eigenvalue weighted by atomic mass is 9.94. The van der Waals surface area contributed by atoms with E-state index in [2.05, 4.69) is 36.7 Å². The van der Waals surface area contributed by atoms with Gasteiger partial charge in [0.2, 0.25) is 0 Å². The molecular weight excluding hydrogens is 246 g/mol.